The van der Waals surface area contributed by atoms with Gasteiger partial charge in [-0.15, -0.1) is 0 Å². The lowest BCUT2D eigenvalue weighted by Gasteiger charge is -2.34. The predicted octanol–water partition coefficient (Wildman–Crippen LogP) is 1.14. The molecule has 0 aromatic carbocycles. The standard InChI is InChI=1S/C10H18N2O3/c1-9(13)7-11-10(8-12(14)15)5-3-2-4-6-10/h11H,2-8H2,1H3. The predicted molar refractivity (Wildman–Crippen MR) is 56.4 cm³/mol. The summed E-state index contributed by atoms with van der Waals surface area (Å²) in [5, 5.41) is 13.7. The van der Waals surface area contributed by atoms with E-state index in [4.69, 9.17) is 0 Å². The Balaban J connectivity index is 2.57. The highest BCUT2D eigenvalue weighted by Crippen LogP contribution is 2.28. The van der Waals surface area contributed by atoms with Crippen molar-refractivity contribution in [3.8, 4) is 0 Å². The maximum absolute atomic E-state index is 10.9. The van der Waals surface area contributed by atoms with Crippen LogP contribution < -0.4 is 5.32 Å². The molecule has 0 radical (unpaired) electrons. The summed E-state index contributed by atoms with van der Waals surface area (Å²) in [7, 11) is 0. The van der Waals surface area contributed by atoms with Crippen molar-refractivity contribution >= 4 is 5.78 Å². The van der Waals surface area contributed by atoms with Gasteiger partial charge in [-0.1, -0.05) is 19.3 Å². The lowest BCUT2D eigenvalue weighted by Crippen LogP contribution is -2.53. The van der Waals surface area contributed by atoms with Crippen LogP contribution in [-0.4, -0.2) is 29.3 Å². The lowest BCUT2D eigenvalue weighted by atomic mass is 9.81. The third-order valence-corrected chi connectivity index (χ3v) is 2.95. The summed E-state index contributed by atoms with van der Waals surface area (Å²) >= 11 is 0. The minimum Gasteiger partial charge on any atom is -0.299 e. The molecule has 0 atom stereocenters. The third kappa shape index (κ3) is 3.95. The molecule has 1 saturated carbocycles. The molecule has 5 nitrogen and oxygen atoms in total. The summed E-state index contributed by atoms with van der Waals surface area (Å²) in [5.74, 6) is 0.0308. The van der Waals surface area contributed by atoms with Gasteiger partial charge in [0.2, 0.25) is 6.54 Å². The fraction of sp³-hybridized carbons (Fsp3) is 0.900. The number of nitrogens with one attached hydrogen (secondary N) is 1. The maximum atomic E-state index is 10.9. The summed E-state index contributed by atoms with van der Waals surface area (Å²) in [6.45, 7) is 1.67. The van der Waals surface area contributed by atoms with Crippen molar-refractivity contribution in [2.24, 2.45) is 0 Å². The number of nitrogens with zero attached hydrogens (tertiary/aromatic N) is 1. The smallest absolute Gasteiger partial charge is 0.221 e. The van der Waals surface area contributed by atoms with Crippen LogP contribution in [0.15, 0.2) is 0 Å². The Morgan fingerprint density at radius 1 is 1.40 bits per heavy atom. The van der Waals surface area contributed by atoms with Crippen LogP contribution in [0.1, 0.15) is 39.0 Å². The molecule has 5 heteroatoms. The second-order valence-electron chi connectivity index (χ2n) is 4.39. The van der Waals surface area contributed by atoms with E-state index in [1.54, 1.807) is 0 Å². The second-order valence-corrected chi connectivity index (χ2v) is 4.39. The number of hydrogen-bond donors (Lipinski definition) is 1. The van der Waals surface area contributed by atoms with Gasteiger partial charge in [-0.2, -0.15) is 0 Å². The van der Waals surface area contributed by atoms with Gasteiger partial charge in [-0.3, -0.25) is 20.2 Å². The molecule has 0 aliphatic heterocycles. The van der Waals surface area contributed by atoms with E-state index in [9.17, 15) is 14.9 Å². The first kappa shape index (κ1) is 12.1. The normalized spacial score (nSPS) is 19.8. The summed E-state index contributed by atoms with van der Waals surface area (Å²) in [4.78, 5) is 21.2. The van der Waals surface area contributed by atoms with Crippen molar-refractivity contribution in [2.45, 2.75) is 44.6 Å². The van der Waals surface area contributed by atoms with Crippen LogP contribution in [0.5, 0.6) is 0 Å². The number of ketones is 1. The number of carbonyl (C=O) groups is 1. The first-order valence-electron chi connectivity index (χ1n) is 5.40. The molecule has 86 valence electrons. The topological polar surface area (TPSA) is 72.2 Å². The molecule has 0 aromatic heterocycles. The zero-order valence-corrected chi connectivity index (χ0v) is 9.12. The molecule has 0 bridgehead atoms. The molecular formula is C10H18N2O3. The Labute approximate surface area is 89.4 Å². The molecule has 0 aromatic rings. The number of hydrogen-bond acceptors (Lipinski definition) is 4. The molecule has 0 saturated heterocycles. The van der Waals surface area contributed by atoms with Gasteiger partial charge in [0.1, 0.15) is 5.78 Å². The van der Waals surface area contributed by atoms with E-state index >= 15 is 0 Å². The Kier molecular flexibility index (Phi) is 4.20. The molecule has 1 aliphatic rings. The van der Waals surface area contributed by atoms with Gasteiger partial charge < -0.3 is 0 Å². The summed E-state index contributed by atoms with van der Waals surface area (Å²) in [6.07, 6.45) is 4.78. The van der Waals surface area contributed by atoms with Gasteiger partial charge in [-0.05, 0) is 19.8 Å². The van der Waals surface area contributed by atoms with E-state index in [1.807, 2.05) is 0 Å². The Hall–Kier alpha value is -0.970. The monoisotopic (exact) mass is 214 g/mol. The van der Waals surface area contributed by atoms with Crippen molar-refractivity contribution in [1.29, 1.82) is 0 Å². The third-order valence-electron chi connectivity index (χ3n) is 2.95. The molecule has 0 unspecified atom stereocenters. The Bertz CT molecular complexity index is 247. The highest BCUT2D eigenvalue weighted by Gasteiger charge is 2.36. The van der Waals surface area contributed by atoms with Crippen molar-refractivity contribution in [2.75, 3.05) is 13.1 Å². The fourth-order valence-electron chi connectivity index (χ4n) is 2.18. The van der Waals surface area contributed by atoms with Crippen LogP contribution in [0.4, 0.5) is 0 Å². The molecule has 1 N–H and O–H groups in total. The van der Waals surface area contributed by atoms with Crippen LogP contribution in [0.2, 0.25) is 0 Å². The highest BCUT2D eigenvalue weighted by atomic mass is 16.6. The Morgan fingerprint density at radius 2 is 2.00 bits per heavy atom. The SMILES string of the molecule is CC(=O)CNC1(C[N+](=O)[O-])CCCCC1. The van der Waals surface area contributed by atoms with Gasteiger partial charge in [0.05, 0.1) is 12.1 Å². The Morgan fingerprint density at radius 3 is 2.47 bits per heavy atom. The summed E-state index contributed by atoms with van der Waals surface area (Å²) < 4.78 is 0. The van der Waals surface area contributed by atoms with E-state index in [1.165, 1.54) is 6.92 Å². The van der Waals surface area contributed by atoms with Crippen molar-refractivity contribution in [1.82, 2.24) is 5.32 Å². The van der Waals surface area contributed by atoms with Crippen LogP contribution in [-0.2, 0) is 4.79 Å². The number of carbonyl (C=O) groups excluding carboxylic acids is 1. The van der Waals surface area contributed by atoms with Crippen molar-refractivity contribution in [3.63, 3.8) is 0 Å². The van der Waals surface area contributed by atoms with E-state index in [-0.39, 0.29) is 23.8 Å². The summed E-state index contributed by atoms with van der Waals surface area (Å²) in [6, 6.07) is 0. The van der Waals surface area contributed by atoms with Crippen LogP contribution in [0.25, 0.3) is 0 Å². The van der Waals surface area contributed by atoms with E-state index in [2.05, 4.69) is 5.32 Å². The molecule has 0 amide bonds. The first-order valence-corrected chi connectivity index (χ1v) is 5.40. The molecule has 1 aliphatic carbocycles. The quantitative estimate of drug-likeness (QED) is 0.550. The van der Waals surface area contributed by atoms with Gasteiger partial charge >= 0.3 is 0 Å². The average Bonchev–Trinajstić information content (AvgIpc) is 2.15. The zero-order chi connectivity index (χ0) is 11.3. The molecule has 0 spiro atoms. The first-order chi connectivity index (χ1) is 7.04. The summed E-state index contributed by atoms with van der Waals surface area (Å²) in [5.41, 5.74) is -0.437. The lowest BCUT2D eigenvalue weighted by molar-refractivity contribution is -0.492. The number of nitro groups is 1. The van der Waals surface area contributed by atoms with Crippen molar-refractivity contribution < 1.29 is 9.72 Å². The highest BCUT2D eigenvalue weighted by molar-refractivity contribution is 5.77. The second kappa shape index (κ2) is 5.21. The number of Topliss-reactive ketones (excluding diaryl/α,β-unsaturated/α-hetero) is 1. The zero-order valence-electron chi connectivity index (χ0n) is 9.12. The van der Waals surface area contributed by atoms with E-state index in [0.717, 1.165) is 32.1 Å². The molecule has 0 heterocycles. The van der Waals surface area contributed by atoms with E-state index < -0.39 is 5.54 Å². The van der Waals surface area contributed by atoms with E-state index in [0.29, 0.717) is 0 Å². The van der Waals surface area contributed by atoms with Crippen LogP contribution >= 0.6 is 0 Å². The number of rotatable bonds is 5. The average molecular weight is 214 g/mol. The molecular weight excluding hydrogens is 196 g/mol. The minimum atomic E-state index is -0.437. The van der Waals surface area contributed by atoms with Gasteiger partial charge in [0.15, 0.2) is 0 Å². The molecule has 1 fully saturated rings. The van der Waals surface area contributed by atoms with Gasteiger partial charge in [0.25, 0.3) is 0 Å². The van der Waals surface area contributed by atoms with Crippen molar-refractivity contribution in [3.05, 3.63) is 10.1 Å². The van der Waals surface area contributed by atoms with Crippen LogP contribution in [0.3, 0.4) is 0 Å². The fourth-order valence-corrected chi connectivity index (χ4v) is 2.18. The maximum Gasteiger partial charge on any atom is 0.221 e. The largest absolute Gasteiger partial charge is 0.299 e. The van der Waals surface area contributed by atoms with Gasteiger partial charge in [0, 0.05) is 4.92 Å². The van der Waals surface area contributed by atoms with Gasteiger partial charge in [-0.25, -0.2) is 0 Å². The molecule has 1 rings (SSSR count). The van der Waals surface area contributed by atoms with Crippen LogP contribution in [0, 0.1) is 10.1 Å². The molecule has 15 heavy (non-hydrogen) atoms. The minimum absolute atomic E-state index is 0.0308.